The minimum Gasteiger partial charge on any atom is -0.478 e. The van der Waals surface area contributed by atoms with Crippen molar-refractivity contribution in [2.24, 2.45) is 0 Å². The number of carboxylic acid groups (broad SMARTS) is 1. The summed E-state index contributed by atoms with van der Waals surface area (Å²) in [7, 11) is 0. The second kappa shape index (κ2) is 4.96. The summed E-state index contributed by atoms with van der Waals surface area (Å²) in [6, 6.07) is 5.98. The number of carbonyl (C=O) groups is 1. The Bertz CT molecular complexity index is 648. The molecule has 0 saturated heterocycles. The summed E-state index contributed by atoms with van der Waals surface area (Å²) in [5.74, 6) is -1.41. The molecule has 1 aromatic heterocycles. The van der Waals surface area contributed by atoms with E-state index in [1.165, 1.54) is 12.3 Å². The Morgan fingerprint density at radius 3 is 2.35 bits per heavy atom. The van der Waals surface area contributed by atoms with Crippen molar-refractivity contribution in [2.45, 2.75) is 13.1 Å². The predicted molar refractivity (Wildman–Crippen MR) is 66.4 cm³/mol. The van der Waals surface area contributed by atoms with E-state index in [2.05, 4.69) is 4.98 Å². The first-order valence-electron chi connectivity index (χ1n) is 5.66. The lowest BCUT2D eigenvalue weighted by Crippen LogP contribution is -2.08. The molecule has 6 heteroatoms. The first-order chi connectivity index (χ1) is 9.27. The minimum atomic E-state index is -4.60. The SMILES string of the molecule is Cc1ccc(-c2cc(C(=O)O)cc(C(F)(F)F)c2)cn1. The highest BCUT2D eigenvalue weighted by atomic mass is 19.4. The number of halogens is 3. The van der Waals surface area contributed by atoms with E-state index in [1.807, 2.05) is 0 Å². The molecule has 0 aliphatic heterocycles. The molecule has 0 atom stereocenters. The van der Waals surface area contributed by atoms with Crippen molar-refractivity contribution in [2.75, 3.05) is 0 Å². The highest BCUT2D eigenvalue weighted by Gasteiger charge is 2.31. The van der Waals surface area contributed by atoms with Gasteiger partial charge >= 0.3 is 12.1 Å². The van der Waals surface area contributed by atoms with Crippen LogP contribution in [0.4, 0.5) is 13.2 Å². The van der Waals surface area contributed by atoms with Crippen LogP contribution < -0.4 is 0 Å². The van der Waals surface area contributed by atoms with Gasteiger partial charge in [-0.15, -0.1) is 0 Å². The maximum Gasteiger partial charge on any atom is 0.416 e. The zero-order valence-corrected chi connectivity index (χ0v) is 10.4. The van der Waals surface area contributed by atoms with Gasteiger partial charge in [0.2, 0.25) is 0 Å². The Morgan fingerprint density at radius 2 is 1.85 bits per heavy atom. The van der Waals surface area contributed by atoms with Crippen molar-refractivity contribution in [1.29, 1.82) is 0 Å². The first-order valence-corrected chi connectivity index (χ1v) is 5.66. The lowest BCUT2D eigenvalue weighted by Gasteiger charge is -2.11. The maximum absolute atomic E-state index is 12.8. The average Bonchev–Trinajstić information content (AvgIpc) is 2.38. The molecule has 0 aliphatic carbocycles. The van der Waals surface area contributed by atoms with Crippen LogP contribution in [0.2, 0.25) is 0 Å². The molecule has 3 nitrogen and oxygen atoms in total. The van der Waals surface area contributed by atoms with Crippen molar-refractivity contribution < 1.29 is 23.1 Å². The van der Waals surface area contributed by atoms with E-state index < -0.39 is 23.3 Å². The molecule has 0 saturated carbocycles. The maximum atomic E-state index is 12.8. The normalized spacial score (nSPS) is 11.4. The van der Waals surface area contributed by atoms with Gasteiger partial charge in [-0.3, -0.25) is 4.98 Å². The van der Waals surface area contributed by atoms with Crippen LogP contribution in [-0.4, -0.2) is 16.1 Å². The van der Waals surface area contributed by atoms with Crippen molar-refractivity contribution in [3.05, 3.63) is 53.3 Å². The molecule has 0 aliphatic rings. The topological polar surface area (TPSA) is 50.2 Å². The van der Waals surface area contributed by atoms with E-state index in [0.717, 1.165) is 11.8 Å². The van der Waals surface area contributed by atoms with Gasteiger partial charge in [-0.05, 0) is 36.8 Å². The minimum absolute atomic E-state index is 0.171. The van der Waals surface area contributed by atoms with Gasteiger partial charge in [0.15, 0.2) is 0 Å². The molecule has 0 fully saturated rings. The highest BCUT2D eigenvalue weighted by molar-refractivity contribution is 5.89. The fourth-order valence-corrected chi connectivity index (χ4v) is 1.72. The van der Waals surface area contributed by atoms with Gasteiger partial charge in [0.05, 0.1) is 11.1 Å². The van der Waals surface area contributed by atoms with Gasteiger partial charge in [0.1, 0.15) is 0 Å². The summed E-state index contributed by atoms with van der Waals surface area (Å²) in [5, 5.41) is 8.91. The number of nitrogens with zero attached hydrogens (tertiary/aromatic N) is 1. The third kappa shape index (κ3) is 2.96. The standard InChI is InChI=1S/C14H10F3NO2/c1-8-2-3-9(7-18-8)10-4-11(13(19)20)6-12(5-10)14(15,16)17/h2-7H,1H3,(H,19,20). The van der Waals surface area contributed by atoms with Crippen molar-refractivity contribution in [3.63, 3.8) is 0 Å². The summed E-state index contributed by atoms with van der Waals surface area (Å²) in [6.07, 6.45) is -3.19. The number of hydrogen-bond acceptors (Lipinski definition) is 2. The van der Waals surface area contributed by atoms with Gasteiger partial charge in [0.25, 0.3) is 0 Å². The number of aryl methyl sites for hydroxylation is 1. The zero-order chi connectivity index (χ0) is 14.9. The largest absolute Gasteiger partial charge is 0.478 e. The Balaban J connectivity index is 2.60. The summed E-state index contributed by atoms with van der Waals surface area (Å²) in [4.78, 5) is 14.9. The van der Waals surface area contributed by atoms with Crippen molar-refractivity contribution in [3.8, 4) is 11.1 Å². The van der Waals surface area contributed by atoms with Gasteiger partial charge in [-0.2, -0.15) is 13.2 Å². The summed E-state index contributed by atoms with van der Waals surface area (Å²) in [5.41, 5.74) is -0.0727. The third-order valence-corrected chi connectivity index (χ3v) is 2.75. The number of aromatic carboxylic acids is 1. The Morgan fingerprint density at radius 1 is 1.15 bits per heavy atom. The molecule has 0 unspecified atom stereocenters. The average molecular weight is 281 g/mol. The van der Waals surface area contributed by atoms with E-state index >= 15 is 0 Å². The Hall–Kier alpha value is -2.37. The van der Waals surface area contributed by atoms with E-state index in [9.17, 15) is 18.0 Å². The Kier molecular flexibility index (Phi) is 3.48. The summed E-state index contributed by atoms with van der Waals surface area (Å²) < 4.78 is 38.3. The van der Waals surface area contributed by atoms with Crippen LogP contribution in [0.5, 0.6) is 0 Å². The highest BCUT2D eigenvalue weighted by Crippen LogP contribution is 2.33. The van der Waals surface area contributed by atoms with Crippen LogP contribution in [-0.2, 0) is 6.18 Å². The lowest BCUT2D eigenvalue weighted by atomic mass is 10.0. The monoisotopic (exact) mass is 281 g/mol. The van der Waals surface area contributed by atoms with Crippen molar-refractivity contribution in [1.82, 2.24) is 4.98 Å². The second-order valence-electron chi connectivity index (χ2n) is 4.29. The van der Waals surface area contributed by atoms with Crippen LogP contribution in [0.1, 0.15) is 21.6 Å². The molecule has 1 heterocycles. The summed E-state index contributed by atoms with van der Waals surface area (Å²) >= 11 is 0. The quantitative estimate of drug-likeness (QED) is 0.911. The number of alkyl halides is 3. The van der Waals surface area contributed by atoms with Gasteiger partial charge < -0.3 is 5.11 Å². The second-order valence-corrected chi connectivity index (χ2v) is 4.29. The van der Waals surface area contributed by atoms with Gasteiger partial charge in [-0.1, -0.05) is 6.07 Å². The van der Waals surface area contributed by atoms with Crippen LogP contribution in [0.3, 0.4) is 0 Å². The Labute approximate surface area is 112 Å². The van der Waals surface area contributed by atoms with Gasteiger partial charge in [-0.25, -0.2) is 4.79 Å². The number of hydrogen-bond donors (Lipinski definition) is 1. The van der Waals surface area contributed by atoms with Crippen LogP contribution in [0.25, 0.3) is 11.1 Å². The molecular formula is C14H10F3NO2. The molecule has 1 aromatic carbocycles. The smallest absolute Gasteiger partial charge is 0.416 e. The van der Waals surface area contributed by atoms with E-state index in [1.54, 1.807) is 19.1 Å². The third-order valence-electron chi connectivity index (χ3n) is 2.75. The lowest BCUT2D eigenvalue weighted by molar-refractivity contribution is -0.137. The zero-order valence-electron chi connectivity index (χ0n) is 10.4. The summed E-state index contributed by atoms with van der Waals surface area (Å²) in [6.45, 7) is 1.75. The molecule has 0 radical (unpaired) electrons. The molecule has 2 aromatic rings. The van der Waals surface area contributed by atoms with E-state index in [0.29, 0.717) is 11.6 Å². The fourth-order valence-electron chi connectivity index (χ4n) is 1.72. The molecule has 1 N–H and O–H groups in total. The van der Waals surface area contributed by atoms with E-state index in [4.69, 9.17) is 5.11 Å². The number of benzene rings is 1. The van der Waals surface area contributed by atoms with Crippen LogP contribution in [0, 0.1) is 6.92 Å². The number of aromatic nitrogens is 1. The van der Waals surface area contributed by atoms with E-state index in [-0.39, 0.29) is 5.56 Å². The van der Waals surface area contributed by atoms with Crippen molar-refractivity contribution >= 4 is 5.97 Å². The molecule has 0 spiro atoms. The molecule has 0 bridgehead atoms. The molecular weight excluding hydrogens is 271 g/mol. The number of rotatable bonds is 2. The first kappa shape index (κ1) is 14.0. The number of pyridine rings is 1. The number of carboxylic acids is 1. The molecule has 20 heavy (non-hydrogen) atoms. The van der Waals surface area contributed by atoms with Crippen LogP contribution >= 0.6 is 0 Å². The predicted octanol–water partition coefficient (Wildman–Crippen LogP) is 3.77. The van der Waals surface area contributed by atoms with Crippen LogP contribution in [0.15, 0.2) is 36.5 Å². The molecule has 0 amide bonds. The molecule has 104 valence electrons. The molecule has 2 rings (SSSR count). The van der Waals surface area contributed by atoms with Gasteiger partial charge in [0, 0.05) is 17.5 Å². The fraction of sp³-hybridized carbons (Fsp3) is 0.143.